The van der Waals surface area contributed by atoms with E-state index in [0.29, 0.717) is 17.9 Å². The van der Waals surface area contributed by atoms with Gasteiger partial charge in [0.2, 0.25) is 10.0 Å². The summed E-state index contributed by atoms with van der Waals surface area (Å²) in [4.78, 5) is 11.9. The maximum absolute atomic E-state index is 12.9. The zero-order valence-corrected chi connectivity index (χ0v) is 17.3. The summed E-state index contributed by atoms with van der Waals surface area (Å²) in [6.07, 6.45) is 1.96. The first-order valence-electron chi connectivity index (χ1n) is 9.20. The van der Waals surface area contributed by atoms with Gasteiger partial charge in [-0.3, -0.25) is 0 Å². The summed E-state index contributed by atoms with van der Waals surface area (Å²) in [6.45, 7) is 6.09. The van der Waals surface area contributed by atoms with Crippen molar-refractivity contribution in [2.24, 2.45) is 0 Å². The van der Waals surface area contributed by atoms with E-state index >= 15 is 0 Å². The highest BCUT2D eigenvalue weighted by Crippen LogP contribution is 2.23. The second-order valence-electron chi connectivity index (χ2n) is 7.75. The molecule has 0 saturated carbocycles. The minimum absolute atomic E-state index is 0.0695. The number of alkyl carbamates (subject to hydrolysis) is 1. The van der Waals surface area contributed by atoms with E-state index in [-0.39, 0.29) is 18.3 Å². The summed E-state index contributed by atoms with van der Waals surface area (Å²) >= 11 is 0. The van der Waals surface area contributed by atoms with Gasteiger partial charge >= 0.3 is 6.09 Å². The number of amides is 1. The van der Waals surface area contributed by atoms with Crippen molar-refractivity contribution in [2.75, 3.05) is 20.2 Å². The molecule has 27 heavy (non-hydrogen) atoms. The summed E-state index contributed by atoms with van der Waals surface area (Å²) < 4.78 is 37.8. The Morgan fingerprint density at radius 2 is 1.89 bits per heavy atom. The maximum Gasteiger partial charge on any atom is 0.407 e. The largest absolute Gasteiger partial charge is 0.497 e. The monoisotopic (exact) mass is 398 g/mol. The van der Waals surface area contributed by atoms with Crippen LogP contribution in [-0.2, 0) is 20.5 Å². The van der Waals surface area contributed by atoms with Crippen LogP contribution in [-0.4, -0.2) is 50.7 Å². The fraction of sp³-hybridized carbons (Fsp3) is 0.632. The van der Waals surface area contributed by atoms with Crippen molar-refractivity contribution in [1.29, 1.82) is 0 Å². The molecule has 1 aromatic carbocycles. The van der Waals surface area contributed by atoms with E-state index in [1.807, 2.05) is 0 Å². The van der Waals surface area contributed by atoms with Gasteiger partial charge in [-0.25, -0.2) is 13.2 Å². The number of hydrogen-bond donors (Lipinski definition) is 1. The van der Waals surface area contributed by atoms with E-state index in [9.17, 15) is 13.2 Å². The molecule has 0 unspecified atom stereocenters. The lowest BCUT2D eigenvalue weighted by Crippen LogP contribution is -2.50. The molecule has 152 valence electrons. The van der Waals surface area contributed by atoms with Gasteiger partial charge in [-0.2, -0.15) is 4.31 Å². The number of nitrogens with one attached hydrogen (secondary N) is 1. The highest BCUT2D eigenvalue weighted by atomic mass is 32.2. The molecule has 1 amide bonds. The third kappa shape index (κ3) is 6.70. The average Bonchev–Trinajstić information content (AvgIpc) is 2.59. The zero-order valence-electron chi connectivity index (χ0n) is 16.5. The molecule has 1 atom stereocenters. The van der Waals surface area contributed by atoms with Crippen molar-refractivity contribution in [3.8, 4) is 5.75 Å². The van der Waals surface area contributed by atoms with E-state index in [1.54, 1.807) is 52.1 Å². The van der Waals surface area contributed by atoms with Gasteiger partial charge in [0, 0.05) is 19.1 Å². The molecule has 1 aliphatic rings. The van der Waals surface area contributed by atoms with Crippen molar-refractivity contribution < 1.29 is 22.7 Å². The molecule has 1 N–H and O–H groups in total. The molecule has 1 saturated heterocycles. The van der Waals surface area contributed by atoms with Gasteiger partial charge in [-0.05, 0) is 51.3 Å². The maximum atomic E-state index is 12.9. The number of methoxy groups -OCH3 is 1. The van der Waals surface area contributed by atoms with Crippen LogP contribution in [0.15, 0.2) is 24.3 Å². The SMILES string of the molecule is COc1ccc(CS(=O)(=O)N2CCCC[C@@H]2CNC(=O)OC(C)(C)C)cc1. The molecule has 7 nitrogen and oxygen atoms in total. The van der Waals surface area contributed by atoms with Crippen LogP contribution in [0.5, 0.6) is 5.75 Å². The highest BCUT2D eigenvalue weighted by Gasteiger charge is 2.32. The molecule has 1 fully saturated rings. The number of carbonyl (C=O) groups excluding carboxylic acids is 1. The Balaban J connectivity index is 2.02. The number of benzene rings is 1. The van der Waals surface area contributed by atoms with Gasteiger partial charge in [0.15, 0.2) is 0 Å². The topological polar surface area (TPSA) is 84.9 Å². The Hall–Kier alpha value is -1.80. The molecule has 8 heteroatoms. The van der Waals surface area contributed by atoms with Crippen molar-refractivity contribution in [3.63, 3.8) is 0 Å². The van der Waals surface area contributed by atoms with Crippen molar-refractivity contribution in [2.45, 2.75) is 57.4 Å². The van der Waals surface area contributed by atoms with Crippen LogP contribution in [0, 0.1) is 0 Å². The summed E-state index contributed by atoms with van der Waals surface area (Å²) in [7, 11) is -1.92. The zero-order chi connectivity index (χ0) is 20.1. The molecule has 0 bridgehead atoms. The first kappa shape index (κ1) is 21.5. The molecule has 1 heterocycles. The predicted molar refractivity (Wildman–Crippen MR) is 104 cm³/mol. The fourth-order valence-corrected chi connectivity index (χ4v) is 4.90. The summed E-state index contributed by atoms with van der Waals surface area (Å²) in [5.41, 5.74) is 0.122. The molecule has 0 radical (unpaired) electrons. The van der Waals surface area contributed by atoms with Gasteiger partial charge in [-0.1, -0.05) is 18.6 Å². The molecule has 0 spiro atoms. The van der Waals surface area contributed by atoms with E-state index < -0.39 is 21.7 Å². The van der Waals surface area contributed by atoms with Gasteiger partial charge in [0.1, 0.15) is 11.4 Å². The second-order valence-corrected chi connectivity index (χ2v) is 9.67. The summed E-state index contributed by atoms with van der Waals surface area (Å²) in [6, 6.07) is 6.77. The number of ether oxygens (including phenoxy) is 2. The Morgan fingerprint density at radius 1 is 1.22 bits per heavy atom. The van der Waals surface area contributed by atoms with Crippen molar-refractivity contribution >= 4 is 16.1 Å². The lowest BCUT2D eigenvalue weighted by molar-refractivity contribution is 0.0512. The molecule has 2 rings (SSSR count). The second kappa shape index (κ2) is 8.93. The van der Waals surface area contributed by atoms with Crippen LogP contribution in [0.4, 0.5) is 4.79 Å². The predicted octanol–water partition coefficient (Wildman–Crippen LogP) is 2.90. The smallest absolute Gasteiger partial charge is 0.407 e. The molecule has 0 aromatic heterocycles. The van der Waals surface area contributed by atoms with E-state index in [4.69, 9.17) is 9.47 Å². The van der Waals surface area contributed by atoms with E-state index in [0.717, 1.165) is 19.3 Å². The molecular formula is C19H30N2O5S. The molecule has 1 aliphatic heterocycles. The molecule has 0 aliphatic carbocycles. The number of piperidine rings is 1. The third-order valence-corrected chi connectivity index (χ3v) is 6.21. The number of nitrogens with zero attached hydrogens (tertiary/aromatic N) is 1. The number of carbonyl (C=O) groups is 1. The minimum Gasteiger partial charge on any atom is -0.497 e. The molecular weight excluding hydrogens is 368 g/mol. The fourth-order valence-electron chi connectivity index (χ4n) is 3.07. The average molecular weight is 399 g/mol. The first-order chi connectivity index (χ1) is 12.6. The van der Waals surface area contributed by atoms with Crippen molar-refractivity contribution in [1.82, 2.24) is 9.62 Å². The first-order valence-corrected chi connectivity index (χ1v) is 10.8. The lowest BCUT2D eigenvalue weighted by atomic mass is 10.1. The number of hydrogen-bond acceptors (Lipinski definition) is 5. The van der Waals surface area contributed by atoms with Gasteiger partial charge < -0.3 is 14.8 Å². The van der Waals surface area contributed by atoms with Crippen LogP contribution in [0.25, 0.3) is 0 Å². The van der Waals surface area contributed by atoms with Crippen molar-refractivity contribution in [3.05, 3.63) is 29.8 Å². The summed E-state index contributed by atoms with van der Waals surface area (Å²) in [5, 5.41) is 2.71. The highest BCUT2D eigenvalue weighted by molar-refractivity contribution is 7.88. The van der Waals surface area contributed by atoms with Crippen LogP contribution >= 0.6 is 0 Å². The Kier molecular flexibility index (Phi) is 7.11. The Bertz CT molecular complexity index is 725. The van der Waals surface area contributed by atoms with Gasteiger partial charge in [0.25, 0.3) is 0 Å². The van der Waals surface area contributed by atoms with Crippen LogP contribution in [0.3, 0.4) is 0 Å². The standard InChI is InChI=1S/C19H30N2O5S/c1-19(2,3)26-18(22)20-13-16-7-5-6-12-21(16)27(23,24)14-15-8-10-17(25-4)11-9-15/h8-11,16H,5-7,12-14H2,1-4H3,(H,20,22)/t16-/m1/s1. The summed E-state index contributed by atoms with van der Waals surface area (Å²) in [5.74, 6) is 0.619. The Labute approximate surface area is 162 Å². The van der Waals surface area contributed by atoms with Gasteiger partial charge in [0.05, 0.1) is 12.9 Å². The normalized spacial score (nSPS) is 18.7. The van der Waals surface area contributed by atoms with Crippen LogP contribution < -0.4 is 10.1 Å². The van der Waals surface area contributed by atoms with E-state index in [1.165, 1.54) is 4.31 Å². The third-order valence-electron chi connectivity index (χ3n) is 4.32. The number of rotatable bonds is 6. The van der Waals surface area contributed by atoms with Crippen LogP contribution in [0.2, 0.25) is 0 Å². The quantitative estimate of drug-likeness (QED) is 0.796. The lowest BCUT2D eigenvalue weighted by Gasteiger charge is -2.35. The Morgan fingerprint density at radius 3 is 2.48 bits per heavy atom. The minimum atomic E-state index is -3.49. The van der Waals surface area contributed by atoms with Crippen LogP contribution in [0.1, 0.15) is 45.6 Å². The van der Waals surface area contributed by atoms with E-state index in [2.05, 4.69) is 5.32 Å². The number of sulfonamides is 1. The molecule has 1 aromatic rings. The van der Waals surface area contributed by atoms with Gasteiger partial charge in [-0.15, -0.1) is 0 Å².